The Bertz CT molecular complexity index is 1750. The molecule has 7 rings (SSSR count). The maximum absolute atomic E-state index is 11.5. The van der Waals surface area contributed by atoms with E-state index in [0.29, 0.717) is 27.9 Å². The predicted molar refractivity (Wildman–Crippen MR) is 177 cm³/mol. The Balaban J connectivity index is 1.37. The zero-order valence-corrected chi connectivity index (χ0v) is 26.3. The van der Waals surface area contributed by atoms with Gasteiger partial charge >= 0.3 is 0 Å². The number of phenols is 1. The fourth-order valence-corrected chi connectivity index (χ4v) is 7.43. The zero-order chi connectivity index (χ0) is 30.0. The number of thioether (sulfide) groups is 1. The smallest absolute Gasteiger partial charge is 0.213 e. The number of likely N-dealkylation sites (tertiary alicyclic amines) is 2. The van der Waals surface area contributed by atoms with Gasteiger partial charge in [-0.05, 0) is 87.8 Å². The van der Waals surface area contributed by atoms with Crippen LogP contribution in [0.2, 0.25) is 5.02 Å². The summed E-state index contributed by atoms with van der Waals surface area (Å²) in [5.74, 6) is 1.55. The summed E-state index contributed by atoms with van der Waals surface area (Å²) in [6, 6.07) is 11.8. The molecule has 0 aliphatic carbocycles. The summed E-state index contributed by atoms with van der Waals surface area (Å²) in [4.78, 5) is 22.3. The maximum atomic E-state index is 11.5. The van der Waals surface area contributed by atoms with Gasteiger partial charge in [0.1, 0.15) is 11.3 Å². The van der Waals surface area contributed by atoms with Crippen LogP contribution < -0.4 is 10.1 Å². The van der Waals surface area contributed by atoms with Crippen LogP contribution in [0, 0.1) is 0 Å². The Morgan fingerprint density at radius 2 is 1.64 bits per heavy atom. The number of imidazole rings is 1. The lowest BCUT2D eigenvalue weighted by Gasteiger charge is -2.22. The monoisotopic (exact) mass is 629 g/mol. The summed E-state index contributed by atoms with van der Waals surface area (Å²) in [6.45, 7) is 5.66. The molecule has 9 nitrogen and oxygen atoms in total. The second kappa shape index (κ2) is 12.8. The van der Waals surface area contributed by atoms with Crippen molar-refractivity contribution in [1.82, 2.24) is 29.7 Å². The molecule has 0 bridgehead atoms. The lowest BCUT2D eigenvalue weighted by Crippen LogP contribution is -2.20. The molecule has 2 aliphatic rings. The van der Waals surface area contributed by atoms with Crippen molar-refractivity contribution in [2.45, 2.75) is 49.7 Å². The van der Waals surface area contributed by atoms with Crippen LogP contribution in [-0.2, 0) is 18.8 Å². The topological polar surface area (TPSA) is 102 Å². The number of benzene rings is 2. The van der Waals surface area contributed by atoms with Gasteiger partial charge in [0.2, 0.25) is 5.88 Å². The van der Waals surface area contributed by atoms with Crippen LogP contribution in [0.4, 0.5) is 11.4 Å². The van der Waals surface area contributed by atoms with E-state index in [0.717, 1.165) is 88.9 Å². The minimum Gasteiger partial charge on any atom is -0.507 e. The molecule has 11 heteroatoms. The fraction of sp³-hybridized carbons (Fsp3) is 0.364. The van der Waals surface area contributed by atoms with Crippen molar-refractivity contribution in [2.24, 2.45) is 0 Å². The zero-order valence-electron chi connectivity index (χ0n) is 24.8. The summed E-state index contributed by atoms with van der Waals surface area (Å²) in [5, 5.41) is 17.7. The van der Waals surface area contributed by atoms with Crippen molar-refractivity contribution in [3.8, 4) is 11.6 Å². The fourth-order valence-electron chi connectivity index (χ4n) is 6.39. The normalized spacial score (nSPS) is 16.0. The lowest BCUT2D eigenvalue weighted by molar-refractivity contribution is 0.312. The van der Waals surface area contributed by atoms with E-state index in [-0.39, 0.29) is 0 Å². The van der Waals surface area contributed by atoms with Crippen molar-refractivity contribution in [3.05, 3.63) is 70.5 Å². The standard InChI is InChI=1S/C33H36ClN7O2S/c1-43-28-7-6-26-30(39-28)31(29-23(14-24(34)17-27(29)38-26)20-44-33-35-8-9-36-33)37-25-15-21(18-40-10-2-3-11-40)32(42)22(16-25)19-41-12-4-5-13-41/h6-9,14-17,42H,2-5,10-13,18-20H2,1H3,(H,35,36)(H,37,38). The van der Waals surface area contributed by atoms with E-state index in [1.807, 2.05) is 30.5 Å². The molecule has 2 fully saturated rings. The average molecular weight is 630 g/mol. The third-order valence-electron chi connectivity index (χ3n) is 8.51. The Hall–Kier alpha value is -3.57. The first-order valence-electron chi connectivity index (χ1n) is 15.2. The minimum absolute atomic E-state index is 0.404. The Labute approximate surface area is 266 Å². The molecule has 44 heavy (non-hydrogen) atoms. The van der Waals surface area contributed by atoms with E-state index in [2.05, 4.69) is 37.2 Å². The number of aromatic amines is 1. The maximum Gasteiger partial charge on any atom is 0.213 e. The van der Waals surface area contributed by atoms with Gasteiger partial charge in [0.15, 0.2) is 5.16 Å². The number of aromatic hydroxyl groups is 1. The van der Waals surface area contributed by atoms with Crippen LogP contribution >= 0.6 is 23.4 Å². The van der Waals surface area contributed by atoms with E-state index < -0.39 is 0 Å². The number of methoxy groups -OCH3 is 1. The minimum atomic E-state index is 0.404. The third-order valence-corrected chi connectivity index (χ3v) is 9.68. The number of halogens is 1. The number of nitrogens with zero attached hydrogens (tertiary/aromatic N) is 5. The van der Waals surface area contributed by atoms with E-state index in [1.165, 1.54) is 25.7 Å². The van der Waals surface area contributed by atoms with Gasteiger partial charge in [-0.15, -0.1) is 0 Å². The van der Waals surface area contributed by atoms with Crippen molar-refractivity contribution >= 4 is 56.7 Å². The van der Waals surface area contributed by atoms with Crippen LogP contribution in [0.1, 0.15) is 42.4 Å². The predicted octanol–water partition coefficient (Wildman–Crippen LogP) is 7.10. The van der Waals surface area contributed by atoms with Gasteiger partial charge in [0.05, 0.1) is 23.8 Å². The molecule has 0 unspecified atom stereocenters. The molecule has 0 saturated carbocycles. The molecule has 2 aromatic carbocycles. The first kappa shape index (κ1) is 29.2. The van der Waals surface area contributed by atoms with Crippen molar-refractivity contribution in [1.29, 1.82) is 0 Å². The Kier molecular flexibility index (Phi) is 8.49. The summed E-state index contributed by atoms with van der Waals surface area (Å²) in [5.41, 5.74) is 6.86. The molecule has 0 spiro atoms. The number of hydrogen-bond acceptors (Lipinski definition) is 9. The van der Waals surface area contributed by atoms with E-state index in [4.69, 9.17) is 26.3 Å². The first-order chi connectivity index (χ1) is 21.5. The van der Waals surface area contributed by atoms with Gasteiger partial charge in [-0.2, -0.15) is 0 Å². The molecule has 3 N–H and O–H groups in total. The molecule has 0 amide bonds. The molecule has 5 aromatic rings. The highest BCUT2D eigenvalue weighted by Crippen LogP contribution is 2.40. The molecule has 3 aromatic heterocycles. The number of H-pyrrole nitrogens is 1. The SMILES string of the molecule is COc1ccc2nc3cc(Cl)cc(CSc4ncc[nH]4)c3c(Nc3cc(CN4CCCC4)c(O)c(CN4CCCC4)c3)c2n1. The average Bonchev–Trinajstić information content (AvgIpc) is 3.83. The van der Waals surface area contributed by atoms with Gasteiger partial charge in [0, 0.05) is 64.5 Å². The highest BCUT2D eigenvalue weighted by Gasteiger charge is 2.22. The van der Waals surface area contributed by atoms with Crippen LogP contribution in [0.5, 0.6) is 11.6 Å². The molecular weight excluding hydrogens is 594 g/mol. The third kappa shape index (κ3) is 6.17. The number of pyridine rings is 2. The molecule has 5 heterocycles. The van der Waals surface area contributed by atoms with Crippen LogP contribution in [0.15, 0.2) is 53.9 Å². The second-order valence-electron chi connectivity index (χ2n) is 11.6. The lowest BCUT2D eigenvalue weighted by atomic mass is 10.0. The quantitative estimate of drug-likeness (QED) is 0.0848. The molecular formula is C33H36ClN7O2S. The van der Waals surface area contributed by atoms with Gasteiger partial charge < -0.3 is 20.1 Å². The number of hydrogen-bond donors (Lipinski definition) is 3. The second-order valence-corrected chi connectivity index (χ2v) is 13.0. The largest absolute Gasteiger partial charge is 0.507 e. The van der Waals surface area contributed by atoms with E-state index in [1.54, 1.807) is 25.1 Å². The van der Waals surface area contributed by atoms with Gasteiger partial charge in [-0.3, -0.25) is 9.80 Å². The van der Waals surface area contributed by atoms with Crippen LogP contribution in [-0.4, -0.2) is 68.1 Å². The Morgan fingerprint density at radius 1 is 0.932 bits per heavy atom. The summed E-state index contributed by atoms with van der Waals surface area (Å²) < 4.78 is 5.54. The highest BCUT2D eigenvalue weighted by atomic mass is 35.5. The molecule has 228 valence electrons. The molecule has 2 saturated heterocycles. The van der Waals surface area contributed by atoms with Gasteiger partial charge in [-0.25, -0.2) is 15.0 Å². The number of anilines is 2. The molecule has 0 radical (unpaired) electrons. The van der Waals surface area contributed by atoms with Crippen molar-refractivity contribution in [2.75, 3.05) is 38.6 Å². The summed E-state index contributed by atoms with van der Waals surface area (Å²) >= 11 is 8.26. The number of phenolic OH excluding ortho intramolecular Hbond substituents is 1. The summed E-state index contributed by atoms with van der Waals surface area (Å²) in [6.07, 6.45) is 8.36. The first-order valence-corrected chi connectivity index (χ1v) is 16.6. The van der Waals surface area contributed by atoms with Crippen molar-refractivity contribution < 1.29 is 9.84 Å². The van der Waals surface area contributed by atoms with Gasteiger partial charge in [0.25, 0.3) is 0 Å². The molecule has 2 aliphatic heterocycles. The number of rotatable bonds is 10. The highest BCUT2D eigenvalue weighted by molar-refractivity contribution is 7.98. The number of fused-ring (bicyclic) bond motifs is 2. The summed E-state index contributed by atoms with van der Waals surface area (Å²) in [7, 11) is 1.62. The van der Waals surface area contributed by atoms with E-state index >= 15 is 0 Å². The van der Waals surface area contributed by atoms with E-state index in [9.17, 15) is 5.11 Å². The van der Waals surface area contributed by atoms with Crippen LogP contribution in [0.25, 0.3) is 21.9 Å². The number of aromatic nitrogens is 4. The van der Waals surface area contributed by atoms with Crippen LogP contribution in [0.3, 0.4) is 0 Å². The molecule has 0 atom stereocenters. The number of nitrogens with one attached hydrogen (secondary N) is 2. The Morgan fingerprint density at radius 3 is 2.27 bits per heavy atom. The number of ether oxygens (including phenoxy) is 1. The van der Waals surface area contributed by atoms with Gasteiger partial charge in [-0.1, -0.05) is 23.4 Å². The van der Waals surface area contributed by atoms with Crippen molar-refractivity contribution in [3.63, 3.8) is 0 Å².